The lowest BCUT2D eigenvalue weighted by atomic mass is 10.2. The van der Waals surface area contributed by atoms with Crippen molar-refractivity contribution in [3.63, 3.8) is 0 Å². The summed E-state index contributed by atoms with van der Waals surface area (Å²) in [5.74, 6) is 1.95. The van der Waals surface area contributed by atoms with E-state index < -0.39 is 0 Å². The minimum Gasteiger partial charge on any atom is -0.354 e. The molecule has 1 aromatic carbocycles. The summed E-state index contributed by atoms with van der Waals surface area (Å²) in [5.41, 5.74) is 2.42. The first-order valence-corrected chi connectivity index (χ1v) is 10.1. The molecule has 0 spiro atoms. The van der Waals surface area contributed by atoms with Crippen LogP contribution in [0.25, 0.3) is 0 Å². The number of pyridine rings is 1. The quantitative estimate of drug-likeness (QED) is 0.370. The van der Waals surface area contributed by atoms with Gasteiger partial charge in [-0.05, 0) is 23.7 Å². The van der Waals surface area contributed by atoms with Gasteiger partial charge in [-0.3, -0.25) is 4.99 Å². The Labute approximate surface area is 192 Å². The number of hydrogen-bond acceptors (Lipinski definition) is 4. The van der Waals surface area contributed by atoms with Crippen molar-refractivity contribution in [1.82, 2.24) is 20.1 Å². The number of aliphatic imine (C=N–C) groups is 1. The monoisotopic (exact) mass is 508 g/mol. The van der Waals surface area contributed by atoms with Crippen LogP contribution in [0.1, 0.15) is 18.1 Å². The summed E-state index contributed by atoms with van der Waals surface area (Å²) < 4.78 is 0. The third-order valence-corrected chi connectivity index (χ3v) is 5.24. The number of hydrogen-bond donors (Lipinski definition) is 1. The van der Waals surface area contributed by atoms with Gasteiger partial charge in [0.25, 0.3) is 0 Å². The summed E-state index contributed by atoms with van der Waals surface area (Å²) in [6, 6.07) is 14.7. The van der Waals surface area contributed by atoms with Crippen LogP contribution in [-0.2, 0) is 13.1 Å². The molecule has 1 saturated heterocycles. The molecule has 2 heterocycles. The number of anilines is 1. The Morgan fingerprint density at radius 2 is 1.79 bits per heavy atom. The van der Waals surface area contributed by atoms with Crippen molar-refractivity contribution in [3.05, 3.63) is 59.8 Å². The van der Waals surface area contributed by atoms with Gasteiger partial charge in [0.15, 0.2) is 5.96 Å². The Morgan fingerprint density at radius 3 is 2.38 bits per heavy atom. The number of guanidine groups is 1. The van der Waals surface area contributed by atoms with Crippen molar-refractivity contribution in [2.24, 2.45) is 4.99 Å². The molecule has 0 saturated carbocycles. The summed E-state index contributed by atoms with van der Waals surface area (Å²) >= 11 is 0. The van der Waals surface area contributed by atoms with Crippen molar-refractivity contribution in [2.45, 2.75) is 20.0 Å². The van der Waals surface area contributed by atoms with Crippen LogP contribution in [0.3, 0.4) is 0 Å². The molecule has 0 unspecified atom stereocenters. The van der Waals surface area contributed by atoms with Gasteiger partial charge in [-0.2, -0.15) is 0 Å². The molecule has 1 N–H and O–H groups in total. The van der Waals surface area contributed by atoms with Crippen LogP contribution in [0.4, 0.5) is 5.82 Å². The van der Waals surface area contributed by atoms with Gasteiger partial charge in [0.2, 0.25) is 0 Å². The molecule has 1 aliphatic heterocycles. The Bertz CT molecular complexity index is 742. The van der Waals surface area contributed by atoms with Crippen molar-refractivity contribution < 1.29 is 0 Å². The van der Waals surface area contributed by atoms with Crippen LogP contribution in [0.5, 0.6) is 0 Å². The second-order valence-corrected chi connectivity index (χ2v) is 7.19. The average Bonchev–Trinajstić information content (AvgIpc) is 2.75. The van der Waals surface area contributed by atoms with Gasteiger partial charge >= 0.3 is 0 Å². The molecule has 1 aromatic heterocycles. The number of rotatable bonds is 6. The molecule has 158 valence electrons. The Hall–Kier alpha value is -1.87. The predicted molar refractivity (Wildman–Crippen MR) is 132 cm³/mol. The zero-order chi connectivity index (χ0) is 19.8. The largest absolute Gasteiger partial charge is 0.354 e. The van der Waals surface area contributed by atoms with E-state index in [9.17, 15) is 0 Å². The molecule has 0 bridgehead atoms. The standard InChI is InChI=1S/C22H32N6.HI/c1-4-27-12-14-28(15-13-27)21-11-10-20(16-24-21)17-25-22(23-2)26(3)18-19-8-6-5-7-9-19;/h5-11,16H,4,12-15,17-18H2,1-3H3,(H,23,25);1H. The number of nitrogens with zero attached hydrogens (tertiary/aromatic N) is 5. The first kappa shape index (κ1) is 23.4. The Morgan fingerprint density at radius 1 is 1.07 bits per heavy atom. The zero-order valence-corrected chi connectivity index (χ0v) is 20.0. The lowest BCUT2D eigenvalue weighted by Crippen LogP contribution is -2.46. The molecule has 29 heavy (non-hydrogen) atoms. The van der Waals surface area contributed by atoms with Crippen molar-refractivity contribution in [3.8, 4) is 0 Å². The molecule has 1 aliphatic rings. The molecule has 0 aliphatic carbocycles. The van der Waals surface area contributed by atoms with Crippen molar-refractivity contribution >= 4 is 35.8 Å². The fourth-order valence-electron chi connectivity index (χ4n) is 3.50. The highest BCUT2D eigenvalue weighted by Crippen LogP contribution is 2.14. The highest BCUT2D eigenvalue weighted by molar-refractivity contribution is 14.0. The van der Waals surface area contributed by atoms with Gasteiger partial charge in [-0.1, -0.05) is 43.3 Å². The fraction of sp³-hybridized carbons (Fsp3) is 0.455. The first-order chi connectivity index (χ1) is 13.7. The van der Waals surface area contributed by atoms with E-state index in [4.69, 9.17) is 0 Å². The number of nitrogens with one attached hydrogen (secondary N) is 1. The maximum Gasteiger partial charge on any atom is 0.193 e. The highest BCUT2D eigenvalue weighted by atomic mass is 127. The summed E-state index contributed by atoms with van der Waals surface area (Å²) in [4.78, 5) is 16.1. The highest BCUT2D eigenvalue weighted by Gasteiger charge is 2.16. The molecule has 0 amide bonds. The predicted octanol–water partition coefficient (Wildman–Crippen LogP) is 3.05. The van der Waals surface area contributed by atoms with E-state index in [1.54, 1.807) is 0 Å². The molecular formula is C22H33IN6. The van der Waals surface area contributed by atoms with Crippen LogP contribution >= 0.6 is 24.0 Å². The van der Waals surface area contributed by atoms with Gasteiger partial charge in [0.05, 0.1) is 0 Å². The topological polar surface area (TPSA) is 47.0 Å². The number of piperazine rings is 1. The number of benzene rings is 1. The first-order valence-electron chi connectivity index (χ1n) is 10.1. The smallest absolute Gasteiger partial charge is 0.193 e. The average molecular weight is 508 g/mol. The van der Waals surface area contributed by atoms with E-state index in [0.717, 1.165) is 56.6 Å². The Balaban J connectivity index is 0.00000300. The van der Waals surface area contributed by atoms with Crippen LogP contribution in [0.2, 0.25) is 0 Å². The van der Waals surface area contributed by atoms with Crippen LogP contribution in [0.15, 0.2) is 53.7 Å². The molecule has 1 fully saturated rings. The third-order valence-electron chi connectivity index (χ3n) is 5.24. The zero-order valence-electron chi connectivity index (χ0n) is 17.7. The van der Waals surface area contributed by atoms with Crippen molar-refractivity contribution in [2.75, 3.05) is 51.7 Å². The molecular weight excluding hydrogens is 475 g/mol. The van der Waals surface area contributed by atoms with E-state index in [0.29, 0.717) is 6.54 Å². The lowest BCUT2D eigenvalue weighted by Gasteiger charge is -2.34. The molecule has 0 radical (unpaired) electrons. The summed E-state index contributed by atoms with van der Waals surface area (Å²) in [6.45, 7) is 9.22. The van der Waals surface area contributed by atoms with Crippen molar-refractivity contribution in [1.29, 1.82) is 0 Å². The summed E-state index contributed by atoms with van der Waals surface area (Å²) in [7, 11) is 3.88. The van der Waals surface area contributed by atoms with Gasteiger partial charge < -0.3 is 20.0 Å². The normalized spacial score (nSPS) is 15.0. The van der Waals surface area contributed by atoms with E-state index in [2.05, 4.69) is 80.4 Å². The van der Waals surface area contributed by atoms with Gasteiger partial charge in [-0.15, -0.1) is 24.0 Å². The molecule has 6 nitrogen and oxygen atoms in total. The number of aromatic nitrogens is 1. The van der Waals surface area contributed by atoms with Crippen LogP contribution in [0, 0.1) is 0 Å². The van der Waals surface area contributed by atoms with E-state index in [1.165, 1.54) is 5.56 Å². The van der Waals surface area contributed by atoms with Gasteiger partial charge in [0.1, 0.15) is 5.82 Å². The summed E-state index contributed by atoms with van der Waals surface area (Å²) in [5, 5.41) is 3.43. The van der Waals surface area contributed by atoms with Gasteiger partial charge in [0, 0.05) is 59.6 Å². The lowest BCUT2D eigenvalue weighted by molar-refractivity contribution is 0.270. The van der Waals surface area contributed by atoms with E-state index in [-0.39, 0.29) is 24.0 Å². The minimum atomic E-state index is 0. The number of halogens is 1. The maximum absolute atomic E-state index is 4.68. The van der Waals surface area contributed by atoms with Crippen LogP contribution in [-0.4, -0.2) is 67.6 Å². The molecule has 2 aromatic rings. The Kier molecular flexibility index (Phi) is 9.66. The number of likely N-dealkylation sites (N-methyl/N-ethyl adjacent to an activating group) is 1. The van der Waals surface area contributed by atoms with E-state index in [1.807, 2.05) is 19.3 Å². The van der Waals surface area contributed by atoms with Crippen LogP contribution < -0.4 is 10.2 Å². The summed E-state index contributed by atoms with van der Waals surface area (Å²) in [6.07, 6.45) is 1.97. The van der Waals surface area contributed by atoms with Gasteiger partial charge in [-0.25, -0.2) is 4.98 Å². The maximum atomic E-state index is 4.68. The second-order valence-electron chi connectivity index (χ2n) is 7.19. The minimum absolute atomic E-state index is 0. The van der Waals surface area contributed by atoms with E-state index >= 15 is 0 Å². The second kappa shape index (κ2) is 12.0. The third kappa shape index (κ3) is 6.85. The molecule has 3 rings (SSSR count). The molecule has 7 heteroatoms. The SMILES string of the molecule is CCN1CCN(c2ccc(CNC(=NC)N(C)Cc3ccccc3)cn2)CC1.I. The fourth-order valence-corrected chi connectivity index (χ4v) is 3.50. The molecule has 0 atom stereocenters.